The Labute approximate surface area is 117 Å². The molecule has 0 fully saturated rings. The molecule has 0 amide bonds. The standard InChI is InChI=1S/C14H14N2O3S/c1-19-14-5-3-2-4-11(14)10-16-12-6-8-13(9-7-12)20(15,17)18/h2-10H,1H3,(H2,15,17,18)/b16-10+. The van der Waals surface area contributed by atoms with E-state index in [0.717, 1.165) is 11.3 Å². The summed E-state index contributed by atoms with van der Waals surface area (Å²) in [7, 11) is -2.08. The van der Waals surface area contributed by atoms with E-state index in [0.29, 0.717) is 5.69 Å². The maximum absolute atomic E-state index is 11.1. The van der Waals surface area contributed by atoms with Crippen molar-refractivity contribution in [3.63, 3.8) is 0 Å². The molecule has 0 aliphatic rings. The molecule has 104 valence electrons. The van der Waals surface area contributed by atoms with Gasteiger partial charge in [-0.2, -0.15) is 0 Å². The molecule has 0 aliphatic heterocycles. The van der Waals surface area contributed by atoms with Crippen LogP contribution in [0.5, 0.6) is 5.75 Å². The molecular weight excluding hydrogens is 276 g/mol. The van der Waals surface area contributed by atoms with Crippen LogP contribution in [0.1, 0.15) is 5.56 Å². The molecule has 0 saturated carbocycles. The van der Waals surface area contributed by atoms with E-state index in [1.54, 1.807) is 25.5 Å². The lowest BCUT2D eigenvalue weighted by Gasteiger charge is -2.03. The highest BCUT2D eigenvalue weighted by atomic mass is 32.2. The minimum atomic E-state index is -3.67. The molecule has 0 aromatic heterocycles. The molecule has 0 spiro atoms. The number of sulfonamides is 1. The highest BCUT2D eigenvalue weighted by molar-refractivity contribution is 7.89. The summed E-state index contributed by atoms with van der Waals surface area (Å²) in [6.07, 6.45) is 1.66. The van der Waals surface area contributed by atoms with E-state index in [1.807, 2.05) is 24.3 Å². The zero-order chi connectivity index (χ0) is 14.6. The quantitative estimate of drug-likeness (QED) is 0.875. The summed E-state index contributed by atoms with van der Waals surface area (Å²) in [5.74, 6) is 0.720. The first-order valence-electron chi connectivity index (χ1n) is 5.80. The van der Waals surface area contributed by atoms with Crippen molar-refractivity contribution in [2.45, 2.75) is 4.90 Å². The Balaban J connectivity index is 2.24. The van der Waals surface area contributed by atoms with Gasteiger partial charge in [-0.3, -0.25) is 4.99 Å². The molecule has 0 aliphatic carbocycles. The maximum atomic E-state index is 11.1. The number of nitrogens with two attached hydrogens (primary N) is 1. The molecule has 20 heavy (non-hydrogen) atoms. The number of rotatable bonds is 4. The van der Waals surface area contributed by atoms with Crippen molar-refractivity contribution in [1.82, 2.24) is 0 Å². The average molecular weight is 290 g/mol. The van der Waals surface area contributed by atoms with Gasteiger partial charge in [-0.1, -0.05) is 12.1 Å². The summed E-state index contributed by atoms with van der Waals surface area (Å²) in [6.45, 7) is 0. The van der Waals surface area contributed by atoms with Crippen LogP contribution in [0.15, 0.2) is 58.4 Å². The Bertz CT molecular complexity index is 722. The Morgan fingerprint density at radius 2 is 1.75 bits per heavy atom. The third-order valence-electron chi connectivity index (χ3n) is 2.66. The fraction of sp³-hybridized carbons (Fsp3) is 0.0714. The third-order valence-corrected chi connectivity index (χ3v) is 3.59. The second kappa shape index (κ2) is 5.85. The van der Waals surface area contributed by atoms with Crippen molar-refractivity contribution >= 4 is 21.9 Å². The summed E-state index contributed by atoms with van der Waals surface area (Å²) in [5.41, 5.74) is 1.47. The van der Waals surface area contributed by atoms with Gasteiger partial charge in [0.15, 0.2) is 0 Å². The van der Waals surface area contributed by atoms with Crippen molar-refractivity contribution in [2.24, 2.45) is 10.1 Å². The van der Waals surface area contributed by atoms with E-state index in [2.05, 4.69) is 4.99 Å². The summed E-state index contributed by atoms with van der Waals surface area (Å²) in [6, 6.07) is 13.5. The second-order valence-corrected chi connectivity index (χ2v) is 5.60. The van der Waals surface area contributed by atoms with E-state index < -0.39 is 10.0 Å². The molecule has 2 N–H and O–H groups in total. The number of primary sulfonamides is 1. The van der Waals surface area contributed by atoms with Gasteiger partial charge in [-0.05, 0) is 36.4 Å². The monoisotopic (exact) mass is 290 g/mol. The second-order valence-electron chi connectivity index (χ2n) is 4.04. The smallest absolute Gasteiger partial charge is 0.238 e. The Kier molecular flexibility index (Phi) is 4.16. The number of hydrogen-bond acceptors (Lipinski definition) is 4. The molecule has 5 nitrogen and oxygen atoms in total. The lowest BCUT2D eigenvalue weighted by molar-refractivity contribution is 0.414. The molecule has 2 aromatic rings. The van der Waals surface area contributed by atoms with E-state index >= 15 is 0 Å². The summed E-state index contributed by atoms with van der Waals surface area (Å²) in [5, 5.41) is 5.03. The topological polar surface area (TPSA) is 81.8 Å². The van der Waals surface area contributed by atoms with Crippen molar-refractivity contribution in [2.75, 3.05) is 7.11 Å². The van der Waals surface area contributed by atoms with Crippen LogP contribution in [0.2, 0.25) is 0 Å². The summed E-state index contributed by atoms with van der Waals surface area (Å²) < 4.78 is 27.5. The molecule has 0 bridgehead atoms. The number of ether oxygens (including phenoxy) is 1. The number of methoxy groups -OCH3 is 1. The van der Waals surface area contributed by atoms with Gasteiger partial charge in [0.25, 0.3) is 0 Å². The average Bonchev–Trinajstić information content (AvgIpc) is 2.45. The molecular formula is C14H14N2O3S. The van der Waals surface area contributed by atoms with Crippen molar-refractivity contribution in [3.05, 3.63) is 54.1 Å². The number of benzene rings is 2. The van der Waals surface area contributed by atoms with Crippen LogP contribution in [-0.2, 0) is 10.0 Å². The van der Waals surface area contributed by atoms with Gasteiger partial charge >= 0.3 is 0 Å². The number of nitrogens with zero attached hydrogens (tertiary/aromatic N) is 1. The number of para-hydroxylation sites is 1. The van der Waals surface area contributed by atoms with Crippen molar-refractivity contribution in [1.29, 1.82) is 0 Å². The Morgan fingerprint density at radius 1 is 1.10 bits per heavy atom. The van der Waals surface area contributed by atoms with Crippen LogP contribution < -0.4 is 9.88 Å². The third kappa shape index (κ3) is 3.43. The molecule has 2 aromatic carbocycles. The molecule has 6 heteroatoms. The predicted molar refractivity (Wildman–Crippen MR) is 78.1 cm³/mol. The first-order chi connectivity index (χ1) is 9.50. The zero-order valence-electron chi connectivity index (χ0n) is 10.9. The van der Waals surface area contributed by atoms with Gasteiger partial charge in [-0.25, -0.2) is 13.6 Å². The largest absolute Gasteiger partial charge is 0.496 e. The Morgan fingerprint density at radius 3 is 2.35 bits per heavy atom. The lowest BCUT2D eigenvalue weighted by Crippen LogP contribution is -2.11. The van der Waals surface area contributed by atoms with E-state index in [4.69, 9.17) is 9.88 Å². The molecule has 0 radical (unpaired) electrons. The highest BCUT2D eigenvalue weighted by Gasteiger charge is 2.06. The van der Waals surface area contributed by atoms with Crippen LogP contribution in [0.25, 0.3) is 0 Å². The number of hydrogen-bond donors (Lipinski definition) is 1. The van der Waals surface area contributed by atoms with Gasteiger partial charge in [0.1, 0.15) is 5.75 Å². The van der Waals surface area contributed by atoms with E-state index in [9.17, 15) is 8.42 Å². The zero-order valence-corrected chi connectivity index (χ0v) is 11.7. The Hall–Kier alpha value is -2.18. The van der Waals surface area contributed by atoms with Crippen LogP contribution in [0.4, 0.5) is 5.69 Å². The van der Waals surface area contributed by atoms with Crippen molar-refractivity contribution in [3.8, 4) is 5.75 Å². The predicted octanol–water partition coefficient (Wildman–Crippen LogP) is 2.09. The first-order valence-corrected chi connectivity index (χ1v) is 7.35. The molecule has 0 unspecified atom stereocenters. The van der Waals surface area contributed by atoms with Gasteiger partial charge in [0, 0.05) is 11.8 Å². The minimum absolute atomic E-state index is 0.0636. The normalized spacial score (nSPS) is 11.7. The molecule has 0 atom stereocenters. The SMILES string of the molecule is COc1ccccc1/C=N/c1ccc(S(N)(=O)=O)cc1. The summed E-state index contributed by atoms with van der Waals surface area (Å²) >= 11 is 0. The number of aliphatic imine (C=N–C) groups is 1. The molecule has 2 rings (SSSR count). The molecule has 0 saturated heterocycles. The van der Waals surface area contributed by atoms with Gasteiger partial charge in [0.2, 0.25) is 10.0 Å². The minimum Gasteiger partial charge on any atom is -0.496 e. The van der Waals surface area contributed by atoms with Crippen LogP contribution in [0, 0.1) is 0 Å². The first kappa shape index (κ1) is 14.2. The van der Waals surface area contributed by atoms with Gasteiger partial charge < -0.3 is 4.74 Å². The fourth-order valence-electron chi connectivity index (χ4n) is 1.64. The van der Waals surface area contributed by atoms with E-state index in [-0.39, 0.29) is 4.90 Å². The lowest BCUT2D eigenvalue weighted by atomic mass is 10.2. The van der Waals surface area contributed by atoms with Crippen molar-refractivity contribution < 1.29 is 13.2 Å². The maximum Gasteiger partial charge on any atom is 0.238 e. The van der Waals surface area contributed by atoms with Crippen LogP contribution >= 0.6 is 0 Å². The van der Waals surface area contributed by atoms with E-state index in [1.165, 1.54) is 12.1 Å². The highest BCUT2D eigenvalue weighted by Crippen LogP contribution is 2.18. The van der Waals surface area contributed by atoms with Crippen LogP contribution in [0.3, 0.4) is 0 Å². The summed E-state index contributed by atoms with van der Waals surface area (Å²) in [4.78, 5) is 4.33. The van der Waals surface area contributed by atoms with Gasteiger partial charge in [-0.15, -0.1) is 0 Å². The molecule has 0 heterocycles. The van der Waals surface area contributed by atoms with Crippen LogP contribution in [-0.4, -0.2) is 21.7 Å². The van der Waals surface area contributed by atoms with Gasteiger partial charge in [0.05, 0.1) is 17.7 Å². The fourth-order valence-corrected chi connectivity index (χ4v) is 2.15.